The van der Waals surface area contributed by atoms with Gasteiger partial charge in [-0.2, -0.15) is 0 Å². The number of carboxylic acid groups (broad SMARTS) is 1. The molecule has 0 aromatic carbocycles. The van der Waals surface area contributed by atoms with Crippen molar-refractivity contribution in [3.63, 3.8) is 0 Å². The van der Waals surface area contributed by atoms with Gasteiger partial charge in [-0.25, -0.2) is 4.79 Å². The standard InChI is InChI=1S/C10H13ClO4/c1-10(2)5(7(10)8(12)13)4-6(11)9(14)15-3/h4-5,7H,1-3H3,(H,12,13). The van der Waals surface area contributed by atoms with E-state index in [1.807, 2.05) is 13.8 Å². The molecule has 1 rings (SSSR count). The number of carboxylic acids is 1. The summed E-state index contributed by atoms with van der Waals surface area (Å²) in [7, 11) is 1.23. The van der Waals surface area contributed by atoms with E-state index in [9.17, 15) is 9.59 Å². The number of methoxy groups -OCH3 is 1. The highest BCUT2D eigenvalue weighted by Crippen LogP contribution is 2.59. The average molecular weight is 233 g/mol. The summed E-state index contributed by atoms with van der Waals surface area (Å²) in [4.78, 5) is 21.8. The van der Waals surface area contributed by atoms with E-state index in [0.29, 0.717) is 0 Å². The molecule has 0 heterocycles. The number of ether oxygens (including phenoxy) is 1. The molecule has 4 nitrogen and oxygen atoms in total. The second kappa shape index (κ2) is 3.85. The lowest BCUT2D eigenvalue weighted by molar-refractivity contribution is -0.139. The molecule has 0 radical (unpaired) electrons. The van der Waals surface area contributed by atoms with Crippen LogP contribution in [0.15, 0.2) is 11.1 Å². The van der Waals surface area contributed by atoms with Gasteiger partial charge in [0, 0.05) is 0 Å². The van der Waals surface area contributed by atoms with Gasteiger partial charge < -0.3 is 9.84 Å². The van der Waals surface area contributed by atoms with Crippen molar-refractivity contribution < 1.29 is 19.4 Å². The summed E-state index contributed by atoms with van der Waals surface area (Å²) in [6.45, 7) is 3.66. The molecule has 0 aliphatic heterocycles. The Bertz CT molecular complexity index is 332. The molecule has 0 spiro atoms. The Kier molecular flexibility index (Phi) is 3.09. The van der Waals surface area contributed by atoms with Gasteiger partial charge in [-0.3, -0.25) is 4.79 Å². The summed E-state index contributed by atoms with van der Waals surface area (Å²) in [5, 5.41) is 8.82. The van der Waals surface area contributed by atoms with Gasteiger partial charge in [-0.15, -0.1) is 0 Å². The zero-order valence-corrected chi connectivity index (χ0v) is 9.54. The summed E-state index contributed by atoms with van der Waals surface area (Å²) in [6.07, 6.45) is 1.46. The highest BCUT2D eigenvalue weighted by Gasteiger charge is 2.61. The van der Waals surface area contributed by atoms with E-state index in [1.54, 1.807) is 0 Å². The molecule has 0 aromatic heterocycles. The molecule has 1 aliphatic carbocycles. The second-order valence-electron chi connectivity index (χ2n) is 4.17. The number of aliphatic carboxylic acids is 1. The van der Waals surface area contributed by atoms with Crippen LogP contribution in [0.5, 0.6) is 0 Å². The van der Waals surface area contributed by atoms with Crippen molar-refractivity contribution in [1.82, 2.24) is 0 Å². The van der Waals surface area contributed by atoms with Crippen LogP contribution in [0.1, 0.15) is 13.8 Å². The maximum absolute atomic E-state index is 11.0. The fourth-order valence-electron chi connectivity index (χ4n) is 1.78. The molecule has 5 heteroatoms. The minimum Gasteiger partial charge on any atom is -0.481 e. The molecule has 2 atom stereocenters. The van der Waals surface area contributed by atoms with Crippen molar-refractivity contribution >= 4 is 23.5 Å². The van der Waals surface area contributed by atoms with Crippen molar-refractivity contribution in [2.24, 2.45) is 17.3 Å². The fourth-order valence-corrected chi connectivity index (χ4v) is 2.00. The maximum Gasteiger partial charge on any atom is 0.349 e. The van der Waals surface area contributed by atoms with Crippen LogP contribution in [0.4, 0.5) is 0 Å². The van der Waals surface area contributed by atoms with Gasteiger partial charge in [0.15, 0.2) is 0 Å². The van der Waals surface area contributed by atoms with Gasteiger partial charge in [0.05, 0.1) is 13.0 Å². The van der Waals surface area contributed by atoms with E-state index >= 15 is 0 Å². The molecule has 2 unspecified atom stereocenters. The Labute approximate surface area is 92.9 Å². The molecular weight excluding hydrogens is 220 g/mol. The normalized spacial score (nSPS) is 28.4. The SMILES string of the molecule is COC(=O)C(Cl)=CC1C(C(=O)O)C1(C)C. The number of esters is 1. The first-order valence-electron chi connectivity index (χ1n) is 4.50. The molecule has 1 N–H and O–H groups in total. The average Bonchev–Trinajstić information content (AvgIpc) is 2.66. The van der Waals surface area contributed by atoms with Crippen LogP contribution in [0.3, 0.4) is 0 Å². The van der Waals surface area contributed by atoms with E-state index in [1.165, 1.54) is 13.2 Å². The highest BCUT2D eigenvalue weighted by atomic mass is 35.5. The van der Waals surface area contributed by atoms with E-state index < -0.39 is 17.9 Å². The van der Waals surface area contributed by atoms with Crippen LogP contribution in [-0.2, 0) is 14.3 Å². The number of rotatable bonds is 3. The number of carbonyl (C=O) groups is 2. The third-order valence-electron chi connectivity index (χ3n) is 2.88. The lowest BCUT2D eigenvalue weighted by Crippen LogP contribution is -2.03. The molecule has 15 heavy (non-hydrogen) atoms. The molecule has 1 saturated carbocycles. The monoisotopic (exact) mass is 232 g/mol. The Morgan fingerprint density at radius 2 is 2.00 bits per heavy atom. The minimum atomic E-state index is -0.865. The van der Waals surface area contributed by atoms with Gasteiger partial charge in [-0.05, 0) is 11.3 Å². The maximum atomic E-state index is 11.0. The minimum absolute atomic E-state index is 0.0562. The highest BCUT2D eigenvalue weighted by molar-refractivity contribution is 6.41. The Morgan fingerprint density at radius 3 is 2.33 bits per heavy atom. The van der Waals surface area contributed by atoms with Gasteiger partial charge >= 0.3 is 11.9 Å². The smallest absolute Gasteiger partial charge is 0.349 e. The van der Waals surface area contributed by atoms with Gasteiger partial charge in [0.1, 0.15) is 5.03 Å². The van der Waals surface area contributed by atoms with Crippen LogP contribution in [0, 0.1) is 17.3 Å². The van der Waals surface area contributed by atoms with E-state index in [2.05, 4.69) is 4.74 Å². The van der Waals surface area contributed by atoms with Crippen molar-refractivity contribution in [2.75, 3.05) is 7.11 Å². The molecule has 0 amide bonds. The predicted octanol–water partition coefficient (Wildman–Crippen LogP) is 1.64. The van der Waals surface area contributed by atoms with E-state index in [4.69, 9.17) is 16.7 Å². The van der Waals surface area contributed by atoms with Crippen LogP contribution < -0.4 is 0 Å². The van der Waals surface area contributed by atoms with Crippen LogP contribution in [-0.4, -0.2) is 24.2 Å². The molecule has 1 aliphatic rings. The number of hydrogen-bond donors (Lipinski definition) is 1. The third-order valence-corrected chi connectivity index (χ3v) is 3.16. The Morgan fingerprint density at radius 1 is 1.47 bits per heavy atom. The first kappa shape index (κ1) is 12.0. The molecule has 1 fully saturated rings. The van der Waals surface area contributed by atoms with E-state index in [0.717, 1.165) is 0 Å². The molecule has 0 saturated heterocycles. The predicted molar refractivity (Wildman–Crippen MR) is 54.3 cm³/mol. The molecule has 0 bridgehead atoms. The number of halogens is 1. The van der Waals surface area contributed by atoms with Crippen molar-refractivity contribution in [3.05, 3.63) is 11.1 Å². The summed E-state index contributed by atoms with van der Waals surface area (Å²) in [5.74, 6) is -2.18. The summed E-state index contributed by atoms with van der Waals surface area (Å²) in [6, 6.07) is 0. The molecular formula is C10H13ClO4. The van der Waals surface area contributed by atoms with Gasteiger partial charge in [0.2, 0.25) is 0 Å². The quantitative estimate of drug-likeness (QED) is 0.594. The van der Waals surface area contributed by atoms with Crippen LogP contribution in [0.25, 0.3) is 0 Å². The molecule has 0 aromatic rings. The molecule has 84 valence electrons. The number of hydrogen-bond acceptors (Lipinski definition) is 3. The van der Waals surface area contributed by atoms with E-state index in [-0.39, 0.29) is 16.4 Å². The van der Waals surface area contributed by atoms with Crippen molar-refractivity contribution in [3.8, 4) is 0 Å². The summed E-state index contributed by atoms with van der Waals surface area (Å²) < 4.78 is 4.42. The lowest BCUT2D eigenvalue weighted by atomic mass is 10.1. The zero-order valence-electron chi connectivity index (χ0n) is 8.78. The lowest BCUT2D eigenvalue weighted by Gasteiger charge is -1.98. The van der Waals surface area contributed by atoms with Crippen molar-refractivity contribution in [1.29, 1.82) is 0 Å². The topological polar surface area (TPSA) is 63.6 Å². The first-order valence-corrected chi connectivity index (χ1v) is 4.88. The van der Waals surface area contributed by atoms with Gasteiger partial charge in [-0.1, -0.05) is 31.5 Å². The zero-order chi connectivity index (χ0) is 11.8. The first-order chi connectivity index (χ1) is 6.82. The van der Waals surface area contributed by atoms with Crippen LogP contribution >= 0.6 is 11.6 Å². The van der Waals surface area contributed by atoms with Crippen LogP contribution in [0.2, 0.25) is 0 Å². The van der Waals surface area contributed by atoms with Gasteiger partial charge in [0.25, 0.3) is 0 Å². The second-order valence-corrected chi connectivity index (χ2v) is 4.58. The summed E-state index contributed by atoms with van der Waals surface area (Å²) >= 11 is 5.66. The summed E-state index contributed by atoms with van der Waals surface area (Å²) in [5.41, 5.74) is -0.347. The largest absolute Gasteiger partial charge is 0.481 e. The third kappa shape index (κ3) is 2.15. The van der Waals surface area contributed by atoms with Crippen molar-refractivity contribution in [2.45, 2.75) is 13.8 Å². The fraction of sp³-hybridized carbons (Fsp3) is 0.600. The Balaban J connectivity index is 2.78. The number of allylic oxidation sites excluding steroid dienone is 1. The number of carbonyl (C=O) groups excluding carboxylic acids is 1. The Hall–Kier alpha value is -1.03.